The van der Waals surface area contributed by atoms with E-state index in [9.17, 15) is 10.1 Å². The number of hydrogen-bond acceptors (Lipinski definition) is 6. The molecule has 0 saturated heterocycles. The monoisotopic (exact) mass is 268 g/mol. The second-order valence-electron chi connectivity index (χ2n) is 4.31. The van der Waals surface area contributed by atoms with Gasteiger partial charge in [-0.15, -0.1) is 0 Å². The van der Waals surface area contributed by atoms with E-state index in [1.807, 2.05) is 0 Å². The van der Waals surface area contributed by atoms with Crippen LogP contribution in [-0.2, 0) is 0 Å². The number of pyridine rings is 1. The standard InChI is InChI=1S/C11H16N4O2S/c1-12-9-4-3-8(15(16)17)10(14-9)13-7-11(18-2)5-6-11/h3-4H,5-7H2,1-2H3,(H2,12,13,14). The molecule has 0 bridgehead atoms. The molecule has 0 amide bonds. The van der Waals surface area contributed by atoms with Crippen LogP contribution in [-0.4, -0.2) is 34.5 Å². The lowest BCUT2D eigenvalue weighted by Gasteiger charge is -2.14. The van der Waals surface area contributed by atoms with E-state index in [-0.39, 0.29) is 10.4 Å². The minimum Gasteiger partial charge on any atom is -0.373 e. The summed E-state index contributed by atoms with van der Waals surface area (Å²) in [7, 11) is 1.74. The van der Waals surface area contributed by atoms with Gasteiger partial charge in [0.15, 0.2) is 0 Å². The Morgan fingerprint density at radius 2 is 2.28 bits per heavy atom. The van der Waals surface area contributed by atoms with Crippen molar-refractivity contribution in [1.29, 1.82) is 0 Å². The third-order valence-corrected chi connectivity index (χ3v) is 4.56. The van der Waals surface area contributed by atoms with Crippen LogP contribution >= 0.6 is 11.8 Å². The molecule has 1 aliphatic carbocycles. The quantitative estimate of drug-likeness (QED) is 0.609. The van der Waals surface area contributed by atoms with Gasteiger partial charge in [0.2, 0.25) is 5.82 Å². The molecule has 1 saturated carbocycles. The largest absolute Gasteiger partial charge is 0.373 e. The van der Waals surface area contributed by atoms with E-state index < -0.39 is 4.92 Å². The van der Waals surface area contributed by atoms with E-state index in [1.165, 1.54) is 6.07 Å². The Morgan fingerprint density at radius 1 is 1.56 bits per heavy atom. The van der Waals surface area contributed by atoms with Gasteiger partial charge in [-0.25, -0.2) is 4.98 Å². The zero-order valence-electron chi connectivity index (χ0n) is 10.4. The minimum atomic E-state index is -0.409. The predicted molar refractivity (Wildman–Crippen MR) is 74.4 cm³/mol. The van der Waals surface area contributed by atoms with Crippen LogP contribution in [0.3, 0.4) is 0 Å². The number of nitrogens with zero attached hydrogens (tertiary/aromatic N) is 2. The first kappa shape index (κ1) is 12.9. The molecule has 2 rings (SSSR count). The van der Waals surface area contributed by atoms with E-state index in [0.717, 1.165) is 19.4 Å². The summed E-state index contributed by atoms with van der Waals surface area (Å²) in [5, 5.41) is 16.9. The van der Waals surface area contributed by atoms with Gasteiger partial charge in [-0.3, -0.25) is 10.1 Å². The first-order valence-corrected chi connectivity index (χ1v) is 6.95. The van der Waals surface area contributed by atoms with Crippen LogP contribution in [0.1, 0.15) is 12.8 Å². The Bertz CT molecular complexity index is 462. The molecule has 1 aromatic rings. The molecule has 0 aromatic carbocycles. The highest BCUT2D eigenvalue weighted by Crippen LogP contribution is 2.47. The van der Waals surface area contributed by atoms with Crippen molar-refractivity contribution < 1.29 is 4.92 Å². The molecule has 1 aromatic heterocycles. The normalized spacial score (nSPS) is 16.1. The smallest absolute Gasteiger partial charge is 0.311 e. The summed E-state index contributed by atoms with van der Waals surface area (Å²) < 4.78 is 0.241. The number of thioether (sulfide) groups is 1. The van der Waals surface area contributed by atoms with Gasteiger partial charge in [0.25, 0.3) is 0 Å². The average Bonchev–Trinajstić information content (AvgIpc) is 3.16. The van der Waals surface area contributed by atoms with Crippen LogP contribution in [0.5, 0.6) is 0 Å². The summed E-state index contributed by atoms with van der Waals surface area (Å²) in [5.74, 6) is 0.962. The van der Waals surface area contributed by atoms with Crippen molar-refractivity contribution in [3.05, 3.63) is 22.2 Å². The van der Waals surface area contributed by atoms with Crippen LogP contribution in [0.4, 0.5) is 17.3 Å². The van der Waals surface area contributed by atoms with E-state index in [4.69, 9.17) is 0 Å². The van der Waals surface area contributed by atoms with Crippen molar-refractivity contribution in [2.24, 2.45) is 0 Å². The molecule has 1 heterocycles. The zero-order valence-corrected chi connectivity index (χ0v) is 11.2. The SMILES string of the molecule is CNc1ccc([N+](=O)[O-])c(NCC2(SC)CC2)n1. The Hall–Kier alpha value is -1.50. The van der Waals surface area contributed by atoms with Gasteiger partial charge >= 0.3 is 5.69 Å². The van der Waals surface area contributed by atoms with Gasteiger partial charge in [0, 0.05) is 24.4 Å². The van der Waals surface area contributed by atoms with E-state index in [1.54, 1.807) is 24.9 Å². The summed E-state index contributed by atoms with van der Waals surface area (Å²) >= 11 is 1.81. The fraction of sp³-hybridized carbons (Fsp3) is 0.545. The maximum Gasteiger partial charge on any atom is 0.311 e. The number of nitrogens with one attached hydrogen (secondary N) is 2. The van der Waals surface area contributed by atoms with Gasteiger partial charge < -0.3 is 10.6 Å². The highest BCUT2D eigenvalue weighted by Gasteiger charge is 2.42. The minimum absolute atomic E-state index is 0.0194. The Kier molecular flexibility index (Phi) is 3.60. The molecule has 6 nitrogen and oxygen atoms in total. The number of hydrogen-bond donors (Lipinski definition) is 2. The fourth-order valence-electron chi connectivity index (χ4n) is 1.71. The molecule has 1 fully saturated rings. The summed E-state index contributed by atoms with van der Waals surface area (Å²) in [4.78, 5) is 14.7. The van der Waals surface area contributed by atoms with Gasteiger partial charge in [0.05, 0.1) is 4.92 Å². The second-order valence-corrected chi connectivity index (χ2v) is 5.59. The van der Waals surface area contributed by atoms with Crippen LogP contribution in [0.2, 0.25) is 0 Å². The Labute approximate surface area is 110 Å². The lowest BCUT2D eigenvalue weighted by Crippen LogP contribution is -2.19. The van der Waals surface area contributed by atoms with Crippen LogP contribution < -0.4 is 10.6 Å². The zero-order chi connectivity index (χ0) is 13.2. The van der Waals surface area contributed by atoms with Gasteiger partial charge in [-0.1, -0.05) is 0 Å². The topological polar surface area (TPSA) is 80.1 Å². The lowest BCUT2D eigenvalue weighted by molar-refractivity contribution is -0.384. The molecule has 2 N–H and O–H groups in total. The van der Waals surface area contributed by atoms with Crippen molar-refractivity contribution in [3.8, 4) is 0 Å². The highest BCUT2D eigenvalue weighted by atomic mass is 32.2. The van der Waals surface area contributed by atoms with Crippen molar-refractivity contribution in [3.63, 3.8) is 0 Å². The molecule has 18 heavy (non-hydrogen) atoms. The molecule has 1 aliphatic rings. The molecule has 0 atom stereocenters. The van der Waals surface area contributed by atoms with Gasteiger partial charge in [-0.05, 0) is 25.2 Å². The summed E-state index contributed by atoms with van der Waals surface area (Å²) in [5.41, 5.74) is 0.0194. The predicted octanol–water partition coefficient (Wildman–Crippen LogP) is 2.34. The summed E-state index contributed by atoms with van der Waals surface area (Å²) in [6.45, 7) is 0.717. The third kappa shape index (κ3) is 2.66. The average molecular weight is 268 g/mol. The van der Waals surface area contributed by atoms with Crippen molar-refractivity contribution in [1.82, 2.24) is 4.98 Å². The maximum atomic E-state index is 10.9. The number of nitro groups is 1. The highest BCUT2D eigenvalue weighted by molar-refractivity contribution is 8.00. The second kappa shape index (κ2) is 5.01. The molecule has 0 spiro atoms. The van der Waals surface area contributed by atoms with E-state index in [0.29, 0.717) is 11.6 Å². The molecule has 0 aliphatic heterocycles. The third-order valence-electron chi connectivity index (χ3n) is 3.15. The van der Waals surface area contributed by atoms with Crippen molar-refractivity contribution >= 4 is 29.1 Å². The summed E-state index contributed by atoms with van der Waals surface area (Å²) in [6.07, 6.45) is 4.38. The lowest BCUT2D eigenvalue weighted by atomic mass is 10.3. The molecular formula is C11H16N4O2S. The molecule has 0 unspecified atom stereocenters. The molecule has 7 heteroatoms. The Balaban J connectivity index is 2.16. The van der Waals surface area contributed by atoms with Crippen LogP contribution in [0.15, 0.2) is 12.1 Å². The van der Waals surface area contributed by atoms with Crippen molar-refractivity contribution in [2.75, 3.05) is 30.5 Å². The molecule has 98 valence electrons. The van der Waals surface area contributed by atoms with Gasteiger partial charge in [0.1, 0.15) is 5.82 Å². The van der Waals surface area contributed by atoms with E-state index >= 15 is 0 Å². The first-order valence-electron chi connectivity index (χ1n) is 5.72. The van der Waals surface area contributed by atoms with Crippen LogP contribution in [0.25, 0.3) is 0 Å². The van der Waals surface area contributed by atoms with E-state index in [2.05, 4.69) is 21.9 Å². The van der Waals surface area contributed by atoms with Gasteiger partial charge in [-0.2, -0.15) is 11.8 Å². The number of anilines is 2. The number of aromatic nitrogens is 1. The number of rotatable bonds is 6. The molecular weight excluding hydrogens is 252 g/mol. The molecule has 0 radical (unpaired) electrons. The van der Waals surface area contributed by atoms with Crippen LogP contribution in [0, 0.1) is 10.1 Å². The first-order chi connectivity index (χ1) is 8.60. The fourth-order valence-corrected chi connectivity index (χ4v) is 2.43. The Morgan fingerprint density at radius 3 is 2.78 bits per heavy atom. The van der Waals surface area contributed by atoms with Crippen molar-refractivity contribution in [2.45, 2.75) is 17.6 Å². The summed E-state index contributed by atoms with van der Waals surface area (Å²) in [6, 6.07) is 3.07. The maximum absolute atomic E-state index is 10.9.